The van der Waals surface area contributed by atoms with Crippen LogP contribution in [0.4, 0.5) is 0 Å². The number of nitrogens with one attached hydrogen (secondary N) is 2. The number of nitrogens with two attached hydrogens (primary N) is 1. The molecule has 5 rings (SSSR count). The molecule has 1 heterocycles. The van der Waals surface area contributed by atoms with Crippen molar-refractivity contribution in [3.63, 3.8) is 0 Å². The average Bonchev–Trinajstić information content (AvgIpc) is 3.04. The van der Waals surface area contributed by atoms with Gasteiger partial charge in [0.25, 0.3) is 0 Å². The number of carbonyl (C=O) groups excluding carboxylic acids is 3. The number of piperidine rings is 1. The van der Waals surface area contributed by atoms with Gasteiger partial charge in [0, 0.05) is 42.5 Å². The van der Waals surface area contributed by atoms with Crippen LogP contribution in [0.2, 0.25) is 5.02 Å². The van der Waals surface area contributed by atoms with Crippen molar-refractivity contribution in [3.05, 3.63) is 70.2 Å². The lowest BCUT2D eigenvalue weighted by atomic mass is 9.63. The van der Waals surface area contributed by atoms with E-state index in [0.29, 0.717) is 43.4 Å². The maximum Gasteiger partial charge on any atom is 0.245 e. The van der Waals surface area contributed by atoms with Gasteiger partial charge >= 0.3 is 0 Å². The van der Waals surface area contributed by atoms with Crippen LogP contribution in [0.3, 0.4) is 0 Å². The molecule has 244 valence electrons. The third-order valence-electron chi connectivity index (χ3n) is 10.7. The molecule has 0 spiro atoms. The molecular weight excluding hydrogens is 584 g/mol. The van der Waals surface area contributed by atoms with Crippen molar-refractivity contribution in [2.75, 3.05) is 19.6 Å². The van der Waals surface area contributed by atoms with Gasteiger partial charge in [0.1, 0.15) is 6.04 Å². The zero-order valence-electron chi connectivity index (χ0n) is 27.2. The fourth-order valence-corrected chi connectivity index (χ4v) is 7.91. The highest BCUT2D eigenvalue weighted by Crippen LogP contribution is 2.46. The molecule has 45 heavy (non-hydrogen) atoms. The Morgan fingerprint density at radius 3 is 2.31 bits per heavy atom. The lowest BCUT2D eigenvalue weighted by molar-refractivity contribution is -0.140. The smallest absolute Gasteiger partial charge is 0.245 e. The van der Waals surface area contributed by atoms with Crippen LogP contribution in [-0.2, 0) is 27.2 Å². The second-order valence-electron chi connectivity index (χ2n) is 14.7. The zero-order valence-corrected chi connectivity index (χ0v) is 28.0. The summed E-state index contributed by atoms with van der Waals surface area (Å²) >= 11 is 6.15. The topological polar surface area (TPSA) is 105 Å². The zero-order chi connectivity index (χ0) is 32.2. The van der Waals surface area contributed by atoms with Gasteiger partial charge in [-0.1, -0.05) is 88.0 Å². The number of benzene rings is 2. The van der Waals surface area contributed by atoms with Gasteiger partial charge in [-0.25, -0.2) is 0 Å². The standard InChI is InChI=1S/C37H51ClN4O3/c1-36(2,3)35(45)40-24-37(27-10-5-4-6-11-27)19-21-42(22-20-37)34(44)31(23-25-13-16-28(38)17-14-25)41-33(43)30-18-15-26-9-7-8-12-29(26)32(30)39/h7-9,12-14,16-17,27,30-32H,4-6,10-11,15,18-24,39H2,1-3H3,(H,40,45)(H,41,43)/t30?,31-,32?/m1/s1. The lowest BCUT2D eigenvalue weighted by Crippen LogP contribution is -2.57. The van der Waals surface area contributed by atoms with Gasteiger partial charge in [0.15, 0.2) is 0 Å². The van der Waals surface area contributed by atoms with E-state index >= 15 is 0 Å². The van der Waals surface area contributed by atoms with E-state index < -0.39 is 23.4 Å². The van der Waals surface area contributed by atoms with Gasteiger partial charge in [0.2, 0.25) is 17.7 Å². The number of likely N-dealkylation sites (tertiary alicyclic amines) is 1. The first-order chi connectivity index (χ1) is 21.5. The molecule has 2 aromatic carbocycles. The molecule has 1 saturated heterocycles. The van der Waals surface area contributed by atoms with E-state index in [2.05, 4.69) is 16.7 Å². The SMILES string of the molecule is CC(C)(C)C(=O)NCC1(C2CCCCC2)CCN(C(=O)[C@@H](Cc2ccc(Cl)cc2)NC(=O)C2CCc3ccccc3C2N)CC1. The highest BCUT2D eigenvalue weighted by Gasteiger charge is 2.44. The number of rotatable bonds is 8. The Morgan fingerprint density at radius 1 is 0.978 bits per heavy atom. The summed E-state index contributed by atoms with van der Waals surface area (Å²) < 4.78 is 0. The molecule has 8 heteroatoms. The third-order valence-corrected chi connectivity index (χ3v) is 11.0. The molecule has 2 aliphatic carbocycles. The van der Waals surface area contributed by atoms with Gasteiger partial charge in [0.05, 0.1) is 5.92 Å². The lowest BCUT2D eigenvalue weighted by Gasteiger charge is -2.49. The molecule has 7 nitrogen and oxygen atoms in total. The molecule has 1 aliphatic heterocycles. The number of halogens is 1. The highest BCUT2D eigenvalue weighted by molar-refractivity contribution is 6.30. The number of hydrogen-bond donors (Lipinski definition) is 3. The Balaban J connectivity index is 1.31. The van der Waals surface area contributed by atoms with Crippen molar-refractivity contribution in [1.29, 1.82) is 0 Å². The van der Waals surface area contributed by atoms with Crippen molar-refractivity contribution in [1.82, 2.24) is 15.5 Å². The summed E-state index contributed by atoms with van der Waals surface area (Å²) in [5.74, 6) is 0.00320. The molecule has 1 saturated carbocycles. The second-order valence-corrected chi connectivity index (χ2v) is 15.2. The van der Waals surface area contributed by atoms with Crippen LogP contribution < -0.4 is 16.4 Å². The Bertz CT molecular complexity index is 1340. The van der Waals surface area contributed by atoms with Crippen LogP contribution in [0.1, 0.15) is 94.9 Å². The molecule has 2 fully saturated rings. The molecule has 0 radical (unpaired) electrons. The average molecular weight is 635 g/mol. The van der Waals surface area contributed by atoms with Crippen LogP contribution in [0.5, 0.6) is 0 Å². The normalized spacial score (nSPS) is 22.6. The van der Waals surface area contributed by atoms with Crippen molar-refractivity contribution in [3.8, 4) is 0 Å². The van der Waals surface area contributed by atoms with Gasteiger partial charge in [-0.2, -0.15) is 0 Å². The summed E-state index contributed by atoms with van der Waals surface area (Å²) in [6, 6.07) is 14.4. The van der Waals surface area contributed by atoms with Crippen LogP contribution in [0.15, 0.2) is 48.5 Å². The Labute approximate surface area is 274 Å². The molecule has 0 bridgehead atoms. The van der Waals surface area contributed by atoms with Gasteiger partial charge < -0.3 is 21.3 Å². The highest BCUT2D eigenvalue weighted by atomic mass is 35.5. The van der Waals surface area contributed by atoms with E-state index in [1.54, 1.807) is 0 Å². The van der Waals surface area contributed by atoms with E-state index in [0.717, 1.165) is 30.4 Å². The third kappa shape index (κ3) is 7.91. The van der Waals surface area contributed by atoms with E-state index in [9.17, 15) is 14.4 Å². The van der Waals surface area contributed by atoms with E-state index in [1.165, 1.54) is 37.7 Å². The molecule has 3 aliphatic rings. The van der Waals surface area contributed by atoms with Crippen LogP contribution in [0.25, 0.3) is 0 Å². The summed E-state index contributed by atoms with van der Waals surface area (Å²) in [6.45, 7) is 7.73. The summed E-state index contributed by atoms with van der Waals surface area (Å²) in [5.41, 5.74) is 9.31. The fourth-order valence-electron chi connectivity index (χ4n) is 7.78. The maximum atomic E-state index is 14.2. The van der Waals surface area contributed by atoms with Crippen molar-refractivity contribution in [2.45, 2.75) is 97.1 Å². The Morgan fingerprint density at radius 2 is 1.64 bits per heavy atom. The Hall–Kier alpha value is -2.90. The monoisotopic (exact) mass is 634 g/mol. The first-order valence-corrected chi connectivity index (χ1v) is 17.3. The number of hydrogen-bond acceptors (Lipinski definition) is 4. The van der Waals surface area contributed by atoms with Crippen molar-refractivity contribution in [2.24, 2.45) is 28.4 Å². The Kier molecular flexibility index (Phi) is 10.6. The summed E-state index contributed by atoms with van der Waals surface area (Å²) in [6.07, 6.45) is 9.60. The van der Waals surface area contributed by atoms with E-state index in [1.807, 2.05) is 68.1 Å². The predicted octanol–water partition coefficient (Wildman–Crippen LogP) is 5.98. The van der Waals surface area contributed by atoms with Crippen molar-refractivity contribution < 1.29 is 14.4 Å². The number of carbonyl (C=O) groups is 3. The van der Waals surface area contributed by atoms with E-state index in [-0.39, 0.29) is 23.1 Å². The van der Waals surface area contributed by atoms with Crippen LogP contribution >= 0.6 is 11.6 Å². The summed E-state index contributed by atoms with van der Waals surface area (Å²) in [4.78, 5) is 42.8. The van der Waals surface area contributed by atoms with Gasteiger partial charge in [-0.15, -0.1) is 0 Å². The quantitative estimate of drug-likeness (QED) is 0.332. The van der Waals surface area contributed by atoms with Gasteiger partial charge in [-0.3, -0.25) is 14.4 Å². The van der Waals surface area contributed by atoms with Gasteiger partial charge in [-0.05, 0) is 78.7 Å². The minimum absolute atomic E-state index is 0.0186. The number of nitrogens with zero attached hydrogens (tertiary/aromatic N) is 1. The minimum Gasteiger partial charge on any atom is -0.355 e. The number of aryl methyl sites for hydroxylation is 1. The molecule has 3 amide bonds. The molecule has 2 aromatic rings. The molecule has 3 atom stereocenters. The molecule has 0 aromatic heterocycles. The van der Waals surface area contributed by atoms with Crippen molar-refractivity contribution >= 4 is 29.3 Å². The molecule has 2 unspecified atom stereocenters. The molecular formula is C37H51ClN4O3. The minimum atomic E-state index is -0.703. The van der Waals surface area contributed by atoms with Crippen LogP contribution in [-0.4, -0.2) is 48.3 Å². The summed E-state index contributed by atoms with van der Waals surface area (Å²) in [5, 5.41) is 7.07. The van der Waals surface area contributed by atoms with Crippen LogP contribution in [0, 0.1) is 22.7 Å². The number of amides is 3. The second kappa shape index (κ2) is 14.3. The largest absolute Gasteiger partial charge is 0.355 e. The fraction of sp³-hybridized carbons (Fsp3) is 0.595. The first kappa shape index (κ1) is 33.5. The van der Waals surface area contributed by atoms with E-state index in [4.69, 9.17) is 17.3 Å². The summed E-state index contributed by atoms with van der Waals surface area (Å²) in [7, 11) is 0. The predicted molar refractivity (Wildman–Crippen MR) is 180 cm³/mol. The first-order valence-electron chi connectivity index (χ1n) is 16.9. The number of fused-ring (bicyclic) bond motifs is 1. The maximum absolute atomic E-state index is 14.2. The molecule has 4 N–H and O–H groups in total.